The number of methoxy groups -OCH3 is 1. The lowest BCUT2D eigenvalue weighted by atomic mass is 10.1. The molecule has 0 fully saturated rings. The highest BCUT2D eigenvalue weighted by atomic mass is 35.5. The van der Waals surface area contributed by atoms with Crippen molar-refractivity contribution in [3.8, 4) is 5.75 Å². The van der Waals surface area contributed by atoms with Crippen LogP contribution in [-0.4, -0.2) is 37.4 Å². The van der Waals surface area contributed by atoms with Gasteiger partial charge in [-0.3, -0.25) is 14.4 Å². The van der Waals surface area contributed by atoms with Gasteiger partial charge in [0.25, 0.3) is 5.91 Å². The SMILES string of the molecule is COc1ccc(C(=O)[C@@H](C)OC(=O)CCNC(=O)c2ccc(Cl)cc2)cc1. The van der Waals surface area contributed by atoms with E-state index in [9.17, 15) is 14.4 Å². The Hall–Kier alpha value is -2.86. The molecule has 142 valence electrons. The predicted octanol–water partition coefficient (Wildman–Crippen LogP) is 3.28. The summed E-state index contributed by atoms with van der Waals surface area (Å²) in [4.78, 5) is 36.1. The summed E-state index contributed by atoms with van der Waals surface area (Å²) in [6.45, 7) is 1.61. The summed E-state index contributed by atoms with van der Waals surface area (Å²) < 4.78 is 10.2. The molecule has 0 aliphatic carbocycles. The van der Waals surface area contributed by atoms with E-state index in [-0.39, 0.29) is 24.7 Å². The third kappa shape index (κ3) is 6.11. The van der Waals surface area contributed by atoms with Gasteiger partial charge in [-0.05, 0) is 55.5 Å². The van der Waals surface area contributed by atoms with E-state index in [4.69, 9.17) is 21.1 Å². The number of esters is 1. The van der Waals surface area contributed by atoms with Gasteiger partial charge < -0.3 is 14.8 Å². The standard InChI is InChI=1S/C20H20ClNO5/c1-13(19(24)14-5-9-17(26-2)10-6-14)27-18(23)11-12-22-20(25)15-3-7-16(21)8-4-15/h3-10,13H,11-12H2,1-2H3,(H,22,25)/t13-/m1/s1. The molecule has 6 nitrogen and oxygen atoms in total. The Bertz CT molecular complexity index is 802. The van der Waals surface area contributed by atoms with Crippen LogP contribution in [0.2, 0.25) is 5.02 Å². The van der Waals surface area contributed by atoms with Crippen molar-refractivity contribution in [3.05, 3.63) is 64.7 Å². The monoisotopic (exact) mass is 389 g/mol. The highest BCUT2D eigenvalue weighted by molar-refractivity contribution is 6.30. The Morgan fingerprint density at radius 3 is 2.19 bits per heavy atom. The molecule has 0 saturated carbocycles. The third-order valence-corrected chi connectivity index (χ3v) is 4.03. The molecule has 1 atom stereocenters. The molecule has 2 aromatic carbocycles. The van der Waals surface area contributed by atoms with Crippen LogP contribution >= 0.6 is 11.6 Å². The normalized spacial score (nSPS) is 11.4. The van der Waals surface area contributed by atoms with Crippen molar-refractivity contribution in [1.29, 1.82) is 0 Å². The maximum atomic E-state index is 12.3. The van der Waals surface area contributed by atoms with Crippen molar-refractivity contribution in [3.63, 3.8) is 0 Å². The number of carbonyl (C=O) groups excluding carboxylic acids is 3. The molecule has 2 aromatic rings. The molecule has 0 heterocycles. The van der Waals surface area contributed by atoms with Crippen LogP contribution in [0.15, 0.2) is 48.5 Å². The van der Waals surface area contributed by atoms with Crippen molar-refractivity contribution in [2.24, 2.45) is 0 Å². The van der Waals surface area contributed by atoms with Gasteiger partial charge in [0.2, 0.25) is 5.78 Å². The van der Waals surface area contributed by atoms with Crippen LogP contribution in [0.5, 0.6) is 5.75 Å². The van der Waals surface area contributed by atoms with Gasteiger partial charge in [-0.15, -0.1) is 0 Å². The fraction of sp³-hybridized carbons (Fsp3) is 0.250. The second-order valence-electron chi connectivity index (χ2n) is 5.74. The molecule has 0 aliphatic heterocycles. The van der Waals surface area contributed by atoms with Crippen LogP contribution in [0.1, 0.15) is 34.1 Å². The molecular weight excluding hydrogens is 370 g/mol. The minimum atomic E-state index is -0.919. The highest BCUT2D eigenvalue weighted by Gasteiger charge is 2.19. The van der Waals surface area contributed by atoms with E-state index < -0.39 is 12.1 Å². The first kappa shape index (κ1) is 20.5. The first-order valence-electron chi connectivity index (χ1n) is 8.32. The van der Waals surface area contributed by atoms with E-state index in [0.29, 0.717) is 21.9 Å². The van der Waals surface area contributed by atoms with Crippen LogP contribution in [0.25, 0.3) is 0 Å². The van der Waals surface area contributed by atoms with E-state index in [1.165, 1.54) is 14.0 Å². The molecule has 0 bridgehead atoms. The third-order valence-electron chi connectivity index (χ3n) is 3.77. The maximum absolute atomic E-state index is 12.3. The number of nitrogens with one attached hydrogen (secondary N) is 1. The lowest BCUT2D eigenvalue weighted by Gasteiger charge is -2.13. The van der Waals surface area contributed by atoms with Crippen molar-refractivity contribution in [1.82, 2.24) is 5.32 Å². The summed E-state index contributed by atoms with van der Waals surface area (Å²) in [7, 11) is 1.53. The lowest BCUT2D eigenvalue weighted by molar-refractivity contribution is -0.146. The fourth-order valence-corrected chi connectivity index (χ4v) is 2.41. The maximum Gasteiger partial charge on any atom is 0.308 e. The van der Waals surface area contributed by atoms with Gasteiger partial charge in [-0.2, -0.15) is 0 Å². The highest BCUT2D eigenvalue weighted by Crippen LogP contribution is 2.14. The average molecular weight is 390 g/mol. The Kier molecular flexibility index (Phi) is 7.37. The molecule has 1 N–H and O–H groups in total. The van der Waals surface area contributed by atoms with E-state index >= 15 is 0 Å². The van der Waals surface area contributed by atoms with Crippen LogP contribution < -0.4 is 10.1 Å². The smallest absolute Gasteiger partial charge is 0.308 e. The summed E-state index contributed by atoms with van der Waals surface area (Å²) in [6, 6.07) is 12.9. The molecular formula is C20H20ClNO5. The second-order valence-corrected chi connectivity index (χ2v) is 6.17. The van der Waals surface area contributed by atoms with Crippen LogP contribution in [-0.2, 0) is 9.53 Å². The van der Waals surface area contributed by atoms with Crippen LogP contribution in [0.4, 0.5) is 0 Å². The molecule has 0 aromatic heterocycles. The minimum Gasteiger partial charge on any atom is -0.497 e. The molecule has 0 radical (unpaired) electrons. The van der Waals surface area contributed by atoms with Crippen molar-refractivity contribution in [2.75, 3.05) is 13.7 Å². The number of rotatable bonds is 8. The number of Topliss-reactive ketones (excluding diaryl/α,β-unsaturated/α-hetero) is 1. The van der Waals surface area contributed by atoms with E-state index in [1.54, 1.807) is 48.5 Å². The summed E-state index contributed by atoms with van der Waals surface area (Å²) in [5.74, 6) is -0.563. The average Bonchev–Trinajstić information content (AvgIpc) is 2.67. The molecule has 0 aliphatic rings. The van der Waals surface area contributed by atoms with Gasteiger partial charge >= 0.3 is 5.97 Å². The summed E-state index contributed by atoms with van der Waals surface area (Å²) in [5, 5.41) is 3.15. The molecule has 2 rings (SSSR count). The van der Waals surface area contributed by atoms with Gasteiger partial charge in [0, 0.05) is 22.7 Å². The molecule has 0 unspecified atom stereocenters. The molecule has 0 saturated heterocycles. The van der Waals surface area contributed by atoms with Gasteiger partial charge in [-0.1, -0.05) is 11.6 Å². The number of amides is 1. The summed E-state index contributed by atoms with van der Waals surface area (Å²) in [6.07, 6.45) is -0.961. The fourth-order valence-electron chi connectivity index (χ4n) is 2.28. The van der Waals surface area contributed by atoms with Crippen LogP contribution in [0, 0.1) is 0 Å². The predicted molar refractivity (Wildman–Crippen MR) is 101 cm³/mol. The Labute approximate surface area is 162 Å². The van der Waals surface area contributed by atoms with Gasteiger partial charge in [0.1, 0.15) is 5.75 Å². The minimum absolute atomic E-state index is 0.0421. The number of carbonyl (C=O) groups is 3. The number of benzene rings is 2. The second kappa shape index (κ2) is 9.73. The first-order valence-corrected chi connectivity index (χ1v) is 8.70. The Morgan fingerprint density at radius 1 is 1.00 bits per heavy atom. The van der Waals surface area contributed by atoms with Crippen LogP contribution in [0.3, 0.4) is 0 Å². The lowest BCUT2D eigenvalue weighted by Crippen LogP contribution is -2.29. The number of halogens is 1. The number of ether oxygens (including phenoxy) is 2. The van der Waals surface area contributed by atoms with Gasteiger partial charge in [-0.25, -0.2) is 0 Å². The van der Waals surface area contributed by atoms with Crippen molar-refractivity contribution in [2.45, 2.75) is 19.4 Å². The first-order chi connectivity index (χ1) is 12.9. The molecule has 7 heteroatoms. The number of hydrogen-bond acceptors (Lipinski definition) is 5. The van der Waals surface area contributed by atoms with Gasteiger partial charge in [0.15, 0.2) is 6.10 Å². The molecule has 0 spiro atoms. The van der Waals surface area contributed by atoms with E-state index in [1.807, 2.05) is 0 Å². The largest absolute Gasteiger partial charge is 0.497 e. The Balaban J connectivity index is 1.77. The quantitative estimate of drug-likeness (QED) is 0.553. The summed E-state index contributed by atoms with van der Waals surface area (Å²) in [5.41, 5.74) is 0.864. The zero-order valence-corrected chi connectivity index (χ0v) is 15.8. The zero-order chi connectivity index (χ0) is 19.8. The topological polar surface area (TPSA) is 81.7 Å². The number of hydrogen-bond donors (Lipinski definition) is 1. The Morgan fingerprint density at radius 2 is 1.59 bits per heavy atom. The van der Waals surface area contributed by atoms with Gasteiger partial charge in [0.05, 0.1) is 13.5 Å². The van der Waals surface area contributed by atoms with E-state index in [0.717, 1.165) is 0 Å². The zero-order valence-electron chi connectivity index (χ0n) is 15.0. The van der Waals surface area contributed by atoms with E-state index in [2.05, 4.69) is 5.32 Å². The number of ketones is 1. The summed E-state index contributed by atoms with van der Waals surface area (Å²) >= 11 is 5.77. The molecule has 27 heavy (non-hydrogen) atoms. The van der Waals surface area contributed by atoms with Crippen molar-refractivity contribution < 1.29 is 23.9 Å². The van der Waals surface area contributed by atoms with Crippen molar-refractivity contribution >= 4 is 29.3 Å². The molecule has 1 amide bonds.